The lowest BCUT2D eigenvalue weighted by Crippen LogP contribution is -2.43. The lowest BCUT2D eigenvalue weighted by molar-refractivity contribution is 0.0706. The largest absolute Gasteiger partial charge is 0.336 e. The number of benzene rings is 2. The zero-order chi connectivity index (χ0) is 18.2. The number of anilines is 1. The molecule has 3 rings (SSSR count). The van der Waals surface area contributed by atoms with Crippen molar-refractivity contribution in [3.05, 3.63) is 58.6 Å². The lowest BCUT2D eigenvalue weighted by Gasteiger charge is -2.28. The van der Waals surface area contributed by atoms with Gasteiger partial charge in [-0.1, -0.05) is 23.7 Å². The third-order valence-electron chi connectivity index (χ3n) is 3.62. The van der Waals surface area contributed by atoms with E-state index in [1.54, 1.807) is 0 Å². The van der Waals surface area contributed by atoms with Gasteiger partial charge in [0.15, 0.2) is 0 Å². The van der Waals surface area contributed by atoms with Gasteiger partial charge in [0.25, 0.3) is 15.9 Å². The van der Waals surface area contributed by atoms with E-state index in [1.165, 1.54) is 47.9 Å². The van der Waals surface area contributed by atoms with Crippen LogP contribution >= 0.6 is 11.6 Å². The highest BCUT2D eigenvalue weighted by Crippen LogP contribution is 2.33. The zero-order valence-corrected chi connectivity index (χ0v) is 14.1. The number of carbonyl (C=O) groups excluding carboxylic acids is 2. The first-order valence-electron chi connectivity index (χ1n) is 6.99. The average molecular weight is 382 g/mol. The van der Waals surface area contributed by atoms with Gasteiger partial charge in [0.1, 0.15) is 4.90 Å². The first-order valence-corrected chi connectivity index (χ1v) is 8.81. The summed E-state index contributed by atoms with van der Waals surface area (Å²) in [4.78, 5) is 23.4. The Bertz CT molecular complexity index is 960. The van der Waals surface area contributed by atoms with Gasteiger partial charge in [0, 0.05) is 10.6 Å². The number of nitrogens with one attached hydrogen (secondary N) is 2. The molecule has 0 spiro atoms. The van der Waals surface area contributed by atoms with Crippen LogP contribution in [-0.4, -0.2) is 29.9 Å². The maximum Gasteiger partial charge on any atom is 0.336 e. The second-order valence-electron chi connectivity index (χ2n) is 5.22. The van der Waals surface area contributed by atoms with Crippen LogP contribution in [0.5, 0.6) is 0 Å². The van der Waals surface area contributed by atoms with Gasteiger partial charge < -0.3 is 5.32 Å². The molecule has 1 aliphatic heterocycles. The number of fused-ring (bicyclic) bond motifs is 1. The average Bonchev–Trinajstić information content (AvgIpc) is 2.59. The van der Waals surface area contributed by atoms with Gasteiger partial charge in [-0.15, -0.1) is 0 Å². The summed E-state index contributed by atoms with van der Waals surface area (Å²) in [6, 6.07) is 9.17. The fraction of sp³-hybridized carbons (Fsp3) is 0.0667. The molecule has 1 aliphatic rings. The summed E-state index contributed by atoms with van der Waals surface area (Å²) in [5.41, 5.74) is 2.34. The van der Waals surface area contributed by atoms with Crippen LogP contribution < -0.4 is 10.8 Å². The summed E-state index contributed by atoms with van der Waals surface area (Å²) in [5, 5.41) is 11.3. The molecular weight excluding hydrogens is 370 g/mol. The summed E-state index contributed by atoms with van der Waals surface area (Å²) >= 11 is 5.86. The zero-order valence-electron chi connectivity index (χ0n) is 12.6. The van der Waals surface area contributed by atoms with Gasteiger partial charge in [-0.05, 0) is 35.9 Å². The molecule has 3 N–H and O–H groups in total. The first kappa shape index (κ1) is 17.2. The van der Waals surface area contributed by atoms with Crippen molar-refractivity contribution in [1.29, 1.82) is 0 Å². The molecule has 0 bridgehead atoms. The van der Waals surface area contributed by atoms with Crippen LogP contribution in [0, 0.1) is 0 Å². The van der Waals surface area contributed by atoms with Crippen molar-refractivity contribution in [1.82, 2.24) is 9.79 Å². The van der Waals surface area contributed by atoms with E-state index in [2.05, 4.69) is 5.32 Å². The molecule has 2 aromatic rings. The van der Waals surface area contributed by atoms with E-state index in [0.717, 1.165) is 0 Å². The predicted molar refractivity (Wildman–Crippen MR) is 88.9 cm³/mol. The standard InChI is InChI=1S/C15H12ClN3O5S/c16-11-5-6-12-13(7-11)25(23,24)19(15(21)17-12)8-9-1-3-10(4-2-9)14(20)18-22/h1-7,22H,8H2,(H,17,21)(H,18,20). The number of hydroxylamine groups is 1. The molecular formula is C15H12ClN3O5S. The number of halogens is 1. The molecule has 1 heterocycles. The monoisotopic (exact) mass is 381 g/mol. The number of urea groups is 1. The van der Waals surface area contributed by atoms with Crippen molar-refractivity contribution in [2.45, 2.75) is 11.4 Å². The Hall–Kier alpha value is -2.62. The fourth-order valence-electron chi connectivity index (χ4n) is 2.37. The van der Waals surface area contributed by atoms with Crippen LogP contribution in [0.2, 0.25) is 5.02 Å². The molecule has 0 fully saturated rings. The van der Waals surface area contributed by atoms with Crippen LogP contribution in [0.3, 0.4) is 0 Å². The summed E-state index contributed by atoms with van der Waals surface area (Å²) in [6.07, 6.45) is 0. The molecule has 2 aromatic carbocycles. The van der Waals surface area contributed by atoms with Crippen molar-refractivity contribution in [2.75, 3.05) is 5.32 Å². The van der Waals surface area contributed by atoms with Crippen LogP contribution in [0.25, 0.3) is 0 Å². The highest BCUT2D eigenvalue weighted by atomic mass is 35.5. The van der Waals surface area contributed by atoms with Gasteiger partial charge in [-0.3, -0.25) is 10.0 Å². The van der Waals surface area contributed by atoms with Crippen LogP contribution in [0.1, 0.15) is 15.9 Å². The molecule has 8 nitrogen and oxygen atoms in total. The molecule has 130 valence electrons. The predicted octanol–water partition coefficient (Wildman–Crippen LogP) is 2.20. The summed E-state index contributed by atoms with van der Waals surface area (Å²) in [6.45, 7) is -0.221. The van der Waals surface area contributed by atoms with Gasteiger partial charge in [0.05, 0.1) is 12.2 Å². The molecule has 3 amide bonds. The molecule has 10 heteroatoms. The molecule has 0 radical (unpaired) electrons. The highest BCUT2D eigenvalue weighted by molar-refractivity contribution is 7.90. The number of carbonyl (C=O) groups is 2. The maximum absolute atomic E-state index is 12.7. The van der Waals surface area contributed by atoms with Crippen molar-refractivity contribution in [3.8, 4) is 0 Å². The first-order chi connectivity index (χ1) is 11.8. The normalized spacial score (nSPS) is 15.3. The van der Waals surface area contributed by atoms with Crippen molar-refractivity contribution < 1.29 is 23.2 Å². The summed E-state index contributed by atoms with van der Waals surface area (Å²) in [5.74, 6) is -0.696. The lowest BCUT2D eigenvalue weighted by atomic mass is 10.1. The van der Waals surface area contributed by atoms with E-state index in [9.17, 15) is 18.0 Å². The molecule has 0 aromatic heterocycles. The summed E-state index contributed by atoms with van der Waals surface area (Å²) < 4.78 is 26.1. The third kappa shape index (κ3) is 3.16. The van der Waals surface area contributed by atoms with Crippen molar-refractivity contribution in [3.63, 3.8) is 0 Å². The number of amides is 3. The topological polar surface area (TPSA) is 116 Å². The summed E-state index contributed by atoms with van der Waals surface area (Å²) in [7, 11) is -4.07. The second-order valence-corrected chi connectivity index (χ2v) is 7.49. The minimum absolute atomic E-state index is 0.0871. The quantitative estimate of drug-likeness (QED) is 0.556. The molecule has 0 aliphatic carbocycles. The van der Waals surface area contributed by atoms with Crippen molar-refractivity contribution in [2.24, 2.45) is 0 Å². The number of rotatable bonds is 3. The highest BCUT2D eigenvalue weighted by Gasteiger charge is 2.36. The molecule has 0 unspecified atom stereocenters. The van der Waals surface area contributed by atoms with E-state index >= 15 is 0 Å². The maximum atomic E-state index is 12.7. The molecule has 0 saturated heterocycles. The van der Waals surface area contributed by atoms with Crippen LogP contribution in [-0.2, 0) is 16.6 Å². The number of hydrogen-bond donors (Lipinski definition) is 3. The Kier molecular flexibility index (Phi) is 4.38. The van der Waals surface area contributed by atoms with Gasteiger partial charge in [0.2, 0.25) is 0 Å². The van der Waals surface area contributed by atoms with E-state index in [-0.39, 0.29) is 27.7 Å². The fourth-order valence-corrected chi connectivity index (χ4v) is 4.10. The molecule has 0 atom stereocenters. The Balaban J connectivity index is 1.92. The van der Waals surface area contributed by atoms with E-state index in [0.29, 0.717) is 9.87 Å². The van der Waals surface area contributed by atoms with E-state index in [1.807, 2.05) is 0 Å². The van der Waals surface area contributed by atoms with Gasteiger partial charge in [-0.25, -0.2) is 23.0 Å². The SMILES string of the molecule is O=C(NO)c1ccc(CN2C(=O)Nc3ccc(Cl)cc3S2(=O)=O)cc1. The smallest absolute Gasteiger partial charge is 0.306 e. The second kappa shape index (κ2) is 6.36. The van der Waals surface area contributed by atoms with Gasteiger partial charge in [-0.2, -0.15) is 0 Å². The molecule has 25 heavy (non-hydrogen) atoms. The Morgan fingerprint density at radius 3 is 2.52 bits per heavy atom. The van der Waals surface area contributed by atoms with E-state index < -0.39 is 22.0 Å². The van der Waals surface area contributed by atoms with Gasteiger partial charge >= 0.3 is 6.03 Å². The third-order valence-corrected chi connectivity index (χ3v) is 5.63. The minimum atomic E-state index is -4.07. The Morgan fingerprint density at radius 1 is 1.20 bits per heavy atom. The minimum Gasteiger partial charge on any atom is -0.306 e. The van der Waals surface area contributed by atoms with Crippen LogP contribution in [0.15, 0.2) is 47.4 Å². The van der Waals surface area contributed by atoms with Crippen LogP contribution in [0.4, 0.5) is 10.5 Å². The molecule has 0 saturated carbocycles. The number of hydrogen-bond acceptors (Lipinski definition) is 5. The number of sulfonamides is 1. The Labute approximate surface area is 148 Å². The Morgan fingerprint density at radius 2 is 1.88 bits per heavy atom. The van der Waals surface area contributed by atoms with E-state index in [4.69, 9.17) is 16.8 Å². The van der Waals surface area contributed by atoms with Crippen molar-refractivity contribution >= 4 is 39.2 Å². The number of nitrogens with zero attached hydrogens (tertiary/aromatic N) is 1.